The molecule has 1 fully saturated rings. The predicted molar refractivity (Wildman–Crippen MR) is 80.3 cm³/mol. The van der Waals surface area contributed by atoms with Gasteiger partial charge in [-0.15, -0.1) is 0 Å². The van der Waals surface area contributed by atoms with Crippen LogP contribution in [0.3, 0.4) is 0 Å². The Kier molecular flexibility index (Phi) is 3.28. The molecule has 5 heteroatoms. The van der Waals surface area contributed by atoms with Crippen LogP contribution in [-0.2, 0) is 0 Å². The molecule has 3 rings (SSSR count). The summed E-state index contributed by atoms with van der Waals surface area (Å²) in [4.78, 5) is 15.4. The lowest BCUT2D eigenvalue weighted by molar-refractivity contribution is -0.384. The number of likely N-dealkylation sites (N-methyl/N-ethyl adjacent to an activating group) is 1. The maximum absolute atomic E-state index is 11.3. The van der Waals surface area contributed by atoms with Crippen LogP contribution >= 0.6 is 0 Å². The Balaban J connectivity index is 2.15. The van der Waals surface area contributed by atoms with Gasteiger partial charge in [-0.05, 0) is 18.5 Å². The molecular formula is C15H17N3O2. The van der Waals surface area contributed by atoms with Gasteiger partial charge in [0.2, 0.25) is 0 Å². The van der Waals surface area contributed by atoms with E-state index in [1.165, 1.54) is 0 Å². The van der Waals surface area contributed by atoms with E-state index in [0.29, 0.717) is 0 Å². The van der Waals surface area contributed by atoms with Gasteiger partial charge in [0.1, 0.15) is 5.69 Å². The van der Waals surface area contributed by atoms with Crippen LogP contribution in [0.2, 0.25) is 0 Å². The van der Waals surface area contributed by atoms with E-state index >= 15 is 0 Å². The smallest absolute Gasteiger partial charge is 0.293 e. The quantitative estimate of drug-likeness (QED) is 0.622. The van der Waals surface area contributed by atoms with Crippen molar-refractivity contribution in [2.24, 2.45) is 0 Å². The summed E-state index contributed by atoms with van der Waals surface area (Å²) in [7, 11) is 2.08. The number of piperazine rings is 1. The van der Waals surface area contributed by atoms with E-state index in [9.17, 15) is 10.1 Å². The van der Waals surface area contributed by atoms with Gasteiger partial charge in [0, 0.05) is 37.6 Å². The second-order valence-electron chi connectivity index (χ2n) is 5.20. The van der Waals surface area contributed by atoms with Gasteiger partial charge in [-0.1, -0.05) is 24.3 Å². The molecule has 0 spiro atoms. The minimum Gasteiger partial charge on any atom is -0.363 e. The Morgan fingerprint density at radius 2 is 1.75 bits per heavy atom. The molecule has 0 unspecified atom stereocenters. The van der Waals surface area contributed by atoms with Crippen molar-refractivity contribution in [2.45, 2.75) is 0 Å². The number of fused-ring (bicyclic) bond motifs is 1. The van der Waals surface area contributed by atoms with Crippen molar-refractivity contribution < 1.29 is 4.92 Å². The molecule has 0 amide bonds. The summed E-state index contributed by atoms with van der Waals surface area (Å²) in [6, 6.07) is 11.3. The number of hydrogen-bond acceptors (Lipinski definition) is 4. The summed E-state index contributed by atoms with van der Waals surface area (Å²) in [5.41, 5.74) is 0.967. The number of benzene rings is 2. The summed E-state index contributed by atoms with van der Waals surface area (Å²) in [6.45, 7) is 3.51. The predicted octanol–water partition coefficient (Wildman–Crippen LogP) is 2.50. The molecule has 104 valence electrons. The van der Waals surface area contributed by atoms with Crippen molar-refractivity contribution in [1.82, 2.24) is 4.90 Å². The topological polar surface area (TPSA) is 49.6 Å². The molecule has 0 aromatic heterocycles. The Labute approximate surface area is 117 Å². The number of rotatable bonds is 2. The van der Waals surface area contributed by atoms with Crippen molar-refractivity contribution in [3.05, 3.63) is 46.5 Å². The molecule has 2 aromatic rings. The van der Waals surface area contributed by atoms with Gasteiger partial charge in [-0.3, -0.25) is 10.1 Å². The number of anilines is 1. The van der Waals surface area contributed by atoms with Gasteiger partial charge >= 0.3 is 0 Å². The largest absolute Gasteiger partial charge is 0.363 e. The first kappa shape index (κ1) is 12.9. The maximum Gasteiger partial charge on any atom is 0.293 e. The highest BCUT2D eigenvalue weighted by atomic mass is 16.6. The molecule has 20 heavy (non-hydrogen) atoms. The van der Waals surface area contributed by atoms with Gasteiger partial charge in [0.25, 0.3) is 5.69 Å². The van der Waals surface area contributed by atoms with Crippen LogP contribution in [0.25, 0.3) is 10.8 Å². The first-order valence-corrected chi connectivity index (χ1v) is 6.76. The first-order valence-electron chi connectivity index (χ1n) is 6.76. The summed E-state index contributed by atoms with van der Waals surface area (Å²) in [5, 5.41) is 13.4. The summed E-state index contributed by atoms with van der Waals surface area (Å²) >= 11 is 0. The zero-order valence-electron chi connectivity index (χ0n) is 11.5. The molecule has 0 radical (unpaired) electrons. The molecule has 0 aliphatic carbocycles. The fourth-order valence-electron chi connectivity index (χ4n) is 2.75. The molecule has 0 atom stereocenters. The number of hydrogen-bond donors (Lipinski definition) is 0. The third-order valence-electron chi connectivity index (χ3n) is 3.90. The van der Waals surface area contributed by atoms with Crippen LogP contribution < -0.4 is 4.90 Å². The molecule has 1 aliphatic rings. The van der Waals surface area contributed by atoms with Gasteiger partial charge in [0.05, 0.1) is 4.92 Å². The van der Waals surface area contributed by atoms with Crippen molar-refractivity contribution in [3.8, 4) is 0 Å². The number of nitrogens with zero attached hydrogens (tertiary/aromatic N) is 3. The van der Waals surface area contributed by atoms with E-state index in [1.54, 1.807) is 6.07 Å². The van der Waals surface area contributed by atoms with Crippen molar-refractivity contribution >= 4 is 22.1 Å². The zero-order chi connectivity index (χ0) is 14.1. The van der Waals surface area contributed by atoms with Crippen LogP contribution in [0, 0.1) is 10.1 Å². The van der Waals surface area contributed by atoms with Crippen molar-refractivity contribution in [2.75, 3.05) is 38.1 Å². The molecular weight excluding hydrogens is 254 g/mol. The Morgan fingerprint density at radius 3 is 2.45 bits per heavy atom. The van der Waals surface area contributed by atoms with Gasteiger partial charge < -0.3 is 9.80 Å². The number of nitro benzene ring substituents is 1. The van der Waals surface area contributed by atoms with Gasteiger partial charge in [-0.25, -0.2) is 0 Å². The fourth-order valence-corrected chi connectivity index (χ4v) is 2.75. The van der Waals surface area contributed by atoms with Crippen molar-refractivity contribution in [3.63, 3.8) is 0 Å². The Morgan fingerprint density at radius 1 is 1.05 bits per heavy atom. The number of nitro groups is 1. The van der Waals surface area contributed by atoms with Gasteiger partial charge in [0.15, 0.2) is 0 Å². The molecule has 0 saturated carbocycles. The minimum atomic E-state index is -0.278. The van der Waals surface area contributed by atoms with Crippen LogP contribution in [0.5, 0.6) is 0 Å². The van der Waals surface area contributed by atoms with E-state index in [1.807, 2.05) is 30.3 Å². The summed E-state index contributed by atoms with van der Waals surface area (Å²) in [5.74, 6) is 0. The second-order valence-corrected chi connectivity index (χ2v) is 5.20. The maximum atomic E-state index is 11.3. The molecule has 1 saturated heterocycles. The fraction of sp³-hybridized carbons (Fsp3) is 0.333. The lowest BCUT2D eigenvalue weighted by Crippen LogP contribution is -2.44. The lowest BCUT2D eigenvalue weighted by Gasteiger charge is -2.34. The summed E-state index contributed by atoms with van der Waals surface area (Å²) < 4.78 is 0. The van der Waals surface area contributed by atoms with E-state index in [2.05, 4.69) is 16.8 Å². The molecule has 0 N–H and O–H groups in total. The Hall–Kier alpha value is -2.14. The monoisotopic (exact) mass is 271 g/mol. The van der Waals surface area contributed by atoms with Gasteiger partial charge in [-0.2, -0.15) is 0 Å². The average molecular weight is 271 g/mol. The highest BCUT2D eigenvalue weighted by molar-refractivity contribution is 5.98. The van der Waals surface area contributed by atoms with E-state index in [-0.39, 0.29) is 10.6 Å². The van der Waals surface area contributed by atoms with E-state index < -0.39 is 0 Å². The SMILES string of the molecule is CN1CCN(c2c([N+](=O)[O-])ccc3ccccc23)CC1. The molecule has 0 bridgehead atoms. The third-order valence-corrected chi connectivity index (χ3v) is 3.90. The normalized spacial score (nSPS) is 16.6. The minimum absolute atomic E-state index is 0.202. The van der Waals surface area contributed by atoms with Crippen LogP contribution in [0.15, 0.2) is 36.4 Å². The van der Waals surface area contributed by atoms with Crippen LogP contribution in [0.1, 0.15) is 0 Å². The second kappa shape index (κ2) is 5.09. The van der Waals surface area contributed by atoms with Crippen LogP contribution in [-0.4, -0.2) is 43.0 Å². The van der Waals surface area contributed by atoms with Crippen molar-refractivity contribution in [1.29, 1.82) is 0 Å². The first-order chi connectivity index (χ1) is 9.66. The molecule has 1 heterocycles. The third kappa shape index (κ3) is 2.20. The highest BCUT2D eigenvalue weighted by Gasteiger charge is 2.24. The van der Waals surface area contributed by atoms with E-state index in [0.717, 1.165) is 42.6 Å². The van der Waals surface area contributed by atoms with Crippen LogP contribution in [0.4, 0.5) is 11.4 Å². The Bertz CT molecular complexity index is 649. The standard InChI is InChI=1S/C15H17N3O2/c1-16-8-10-17(11-9-16)15-13-5-3-2-4-12(13)6-7-14(15)18(19)20/h2-7H,8-11H2,1H3. The van der Waals surface area contributed by atoms with E-state index in [4.69, 9.17) is 0 Å². The lowest BCUT2D eigenvalue weighted by atomic mass is 10.1. The average Bonchev–Trinajstić information content (AvgIpc) is 2.47. The zero-order valence-corrected chi connectivity index (χ0v) is 11.5. The highest BCUT2D eigenvalue weighted by Crippen LogP contribution is 2.36. The molecule has 5 nitrogen and oxygen atoms in total. The molecule has 1 aliphatic heterocycles. The molecule has 2 aromatic carbocycles. The summed E-state index contributed by atoms with van der Waals surface area (Å²) in [6.07, 6.45) is 0.